The van der Waals surface area contributed by atoms with Crippen molar-refractivity contribution in [3.05, 3.63) is 69.7 Å². The van der Waals surface area contributed by atoms with Crippen LogP contribution in [0.1, 0.15) is 58.2 Å². The molecule has 4 rings (SSSR count). The molecule has 1 aliphatic carbocycles. The lowest BCUT2D eigenvalue weighted by molar-refractivity contribution is -0.117. The van der Waals surface area contributed by atoms with Gasteiger partial charge in [-0.1, -0.05) is 17.7 Å². The molecule has 1 atom stereocenters. The van der Waals surface area contributed by atoms with E-state index in [1.54, 1.807) is 12.1 Å². The minimum atomic E-state index is -0.303. The first-order valence-corrected chi connectivity index (χ1v) is 12.2. The van der Waals surface area contributed by atoms with Crippen LogP contribution in [0.15, 0.2) is 42.5 Å². The molecule has 1 heterocycles. The zero-order valence-corrected chi connectivity index (χ0v) is 20.4. The van der Waals surface area contributed by atoms with Gasteiger partial charge in [-0.15, -0.1) is 11.3 Å². The second kappa shape index (κ2) is 9.75. The summed E-state index contributed by atoms with van der Waals surface area (Å²) in [6.07, 6.45) is 1.54. The molecule has 0 bridgehead atoms. The van der Waals surface area contributed by atoms with E-state index in [4.69, 9.17) is 0 Å². The van der Waals surface area contributed by atoms with Gasteiger partial charge in [-0.3, -0.25) is 14.9 Å². The molecule has 1 aromatic heterocycles. The van der Waals surface area contributed by atoms with E-state index in [2.05, 4.69) is 46.5 Å². The molecule has 7 heteroatoms. The van der Waals surface area contributed by atoms with Crippen molar-refractivity contribution in [3.8, 4) is 0 Å². The van der Waals surface area contributed by atoms with Crippen molar-refractivity contribution in [1.82, 2.24) is 4.98 Å². The largest absolute Gasteiger partial charge is 0.372 e. The standard InChI is InChI=1S/C26H30N4O2S/c1-5-30(6-2)19-11-13-21(17(4)15-19)27-25(32)20-12-14-22-23(20)28-26(33-22)29-24(31)18-9-7-16(3)8-10-18/h7-11,13,15,20H,5-6,12,14H2,1-4H3,(H,27,32)(H,28,29,31). The first-order chi connectivity index (χ1) is 15.9. The van der Waals surface area contributed by atoms with Gasteiger partial charge in [-0.2, -0.15) is 0 Å². The number of carbonyl (C=O) groups is 2. The van der Waals surface area contributed by atoms with E-state index in [1.165, 1.54) is 11.3 Å². The maximum absolute atomic E-state index is 13.1. The number of benzene rings is 2. The van der Waals surface area contributed by atoms with Gasteiger partial charge in [0.05, 0.1) is 11.6 Å². The van der Waals surface area contributed by atoms with Gasteiger partial charge in [0.25, 0.3) is 5.91 Å². The van der Waals surface area contributed by atoms with Gasteiger partial charge in [-0.05, 0) is 76.4 Å². The number of rotatable bonds is 7. The molecule has 1 unspecified atom stereocenters. The van der Waals surface area contributed by atoms with Gasteiger partial charge in [0.1, 0.15) is 0 Å². The molecule has 6 nitrogen and oxygen atoms in total. The molecule has 0 saturated carbocycles. The van der Waals surface area contributed by atoms with Crippen molar-refractivity contribution >= 4 is 39.7 Å². The third-order valence-corrected chi connectivity index (χ3v) is 7.21. The molecule has 172 valence electrons. The third-order valence-electron chi connectivity index (χ3n) is 6.16. The lowest BCUT2D eigenvalue weighted by Crippen LogP contribution is -2.23. The molecule has 33 heavy (non-hydrogen) atoms. The predicted molar refractivity (Wildman–Crippen MR) is 136 cm³/mol. The molecule has 0 spiro atoms. The summed E-state index contributed by atoms with van der Waals surface area (Å²) in [6, 6.07) is 13.6. The van der Waals surface area contributed by atoms with Crippen LogP contribution >= 0.6 is 11.3 Å². The maximum atomic E-state index is 13.1. The highest BCUT2D eigenvalue weighted by atomic mass is 32.1. The number of hydrogen-bond donors (Lipinski definition) is 2. The molecule has 2 aromatic carbocycles. The first-order valence-electron chi connectivity index (χ1n) is 11.4. The monoisotopic (exact) mass is 462 g/mol. The molecule has 1 aliphatic rings. The van der Waals surface area contributed by atoms with Crippen molar-refractivity contribution in [2.75, 3.05) is 28.6 Å². The van der Waals surface area contributed by atoms with Gasteiger partial charge in [-0.25, -0.2) is 4.98 Å². The zero-order chi connectivity index (χ0) is 23.5. The number of hydrogen-bond acceptors (Lipinski definition) is 5. The fraction of sp³-hybridized carbons (Fsp3) is 0.346. The highest BCUT2D eigenvalue weighted by Crippen LogP contribution is 2.39. The third kappa shape index (κ3) is 4.93. The van der Waals surface area contributed by atoms with Gasteiger partial charge in [0.15, 0.2) is 5.13 Å². The summed E-state index contributed by atoms with van der Waals surface area (Å²) in [4.78, 5) is 33.6. The van der Waals surface area contributed by atoms with Crippen molar-refractivity contribution < 1.29 is 9.59 Å². The normalized spacial score (nSPS) is 14.6. The van der Waals surface area contributed by atoms with E-state index in [-0.39, 0.29) is 17.7 Å². The SMILES string of the molecule is CCN(CC)c1ccc(NC(=O)C2CCc3sc(NC(=O)c4ccc(C)cc4)nc32)c(C)c1. The average Bonchev–Trinajstić information content (AvgIpc) is 3.37. The Morgan fingerprint density at radius 1 is 1.06 bits per heavy atom. The van der Waals surface area contributed by atoms with E-state index >= 15 is 0 Å². The van der Waals surface area contributed by atoms with Crippen LogP contribution in [-0.4, -0.2) is 29.9 Å². The Morgan fingerprint density at radius 2 is 1.79 bits per heavy atom. The number of amides is 2. The predicted octanol–water partition coefficient (Wildman–Crippen LogP) is 5.53. The van der Waals surface area contributed by atoms with Crippen molar-refractivity contribution in [1.29, 1.82) is 0 Å². The molecule has 0 radical (unpaired) electrons. The highest BCUT2D eigenvalue weighted by molar-refractivity contribution is 7.16. The Morgan fingerprint density at radius 3 is 2.45 bits per heavy atom. The summed E-state index contributed by atoms with van der Waals surface area (Å²) in [5.74, 6) is -0.537. The fourth-order valence-electron chi connectivity index (χ4n) is 4.20. The van der Waals surface area contributed by atoms with E-state index in [0.717, 1.165) is 59.0 Å². The van der Waals surface area contributed by atoms with Crippen LogP contribution in [0.4, 0.5) is 16.5 Å². The topological polar surface area (TPSA) is 74.3 Å². The minimum absolute atomic E-state index is 0.0471. The lowest BCUT2D eigenvalue weighted by atomic mass is 10.1. The second-order valence-electron chi connectivity index (χ2n) is 8.40. The van der Waals surface area contributed by atoms with Crippen LogP contribution in [0, 0.1) is 13.8 Å². The molecule has 0 fully saturated rings. The number of fused-ring (bicyclic) bond motifs is 1. The molecule has 0 saturated heterocycles. The van der Waals surface area contributed by atoms with Crippen LogP contribution < -0.4 is 15.5 Å². The summed E-state index contributed by atoms with van der Waals surface area (Å²) in [5, 5.41) is 6.53. The van der Waals surface area contributed by atoms with E-state index in [0.29, 0.717) is 10.7 Å². The van der Waals surface area contributed by atoms with Crippen LogP contribution in [-0.2, 0) is 11.2 Å². The van der Waals surface area contributed by atoms with Gasteiger partial charge in [0, 0.05) is 34.9 Å². The van der Waals surface area contributed by atoms with E-state index < -0.39 is 0 Å². The summed E-state index contributed by atoms with van der Waals surface area (Å²) in [5.41, 5.74) is 5.50. The van der Waals surface area contributed by atoms with E-state index in [9.17, 15) is 9.59 Å². The number of nitrogens with one attached hydrogen (secondary N) is 2. The Hall–Kier alpha value is -3.19. The number of carbonyl (C=O) groups excluding carboxylic acids is 2. The summed E-state index contributed by atoms with van der Waals surface area (Å²) in [7, 11) is 0. The maximum Gasteiger partial charge on any atom is 0.257 e. The number of aromatic nitrogens is 1. The molecule has 2 amide bonds. The summed E-state index contributed by atoms with van der Waals surface area (Å²) in [6.45, 7) is 10.2. The molecule has 3 aromatic rings. The zero-order valence-electron chi connectivity index (χ0n) is 19.6. The Balaban J connectivity index is 1.45. The molecule has 0 aliphatic heterocycles. The quantitative estimate of drug-likeness (QED) is 0.484. The summed E-state index contributed by atoms with van der Waals surface area (Å²) >= 11 is 1.46. The number of nitrogens with zero attached hydrogens (tertiary/aromatic N) is 2. The van der Waals surface area contributed by atoms with Gasteiger partial charge < -0.3 is 10.2 Å². The number of aryl methyl sites for hydroxylation is 3. The highest BCUT2D eigenvalue weighted by Gasteiger charge is 2.33. The second-order valence-corrected chi connectivity index (χ2v) is 9.48. The summed E-state index contributed by atoms with van der Waals surface area (Å²) < 4.78 is 0. The molecular weight excluding hydrogens is 432 g/mol. The Labute approximate surface area is 199 Å². The van der Waals surface area contributed by atoms with Crippen LogP contribution in [0.5, 0.6) is 0 Å². The molecular formula is C26H30N4O2S. The lowest BCUT2D eigenvalue weighted by Gasteiger charge is -2.22. The Bertz CT molecular complexity index is 1170. The van der Waals surface area contributed by atoms with Gasteiger partial charge >= 0.3 is 0 Å². The van der Waals surface area contributed by atoms with Crippen LogP contribution in [0.3, 0.4) is 0 Å². The van der Waals surface area contributed by atoms with Crippen molar-refractivity contribution in [3.63, 3.8) is 0 Å². The van der Waals surface area contributed by atoms with Crippen molar-refractivity contribution in [2.24, 2.45) is 0 Å². The smallest absolute Gasteiger partial charge is 0.257 e. The number of thiazole rings is 1. The Kier molecular flexibility index (Phi) is 6.79. The number of anilines is 3. The average molecular weight is 463 g/mol. The first kappa shape index (κ1) is 23.0. The van der Waals surface area contributed by atoms with E-state index in [1.807, 2.05) is 32.0 Å². The van der Waals surface area contributed by atoms with Gasteiger partial charge in [0.2, 0.25) is 5.91 Å². The van der Waals surface area contributed by atoms with Crippen LogP contribution in [0.25, 0.3) is 0 Å². The van der Waals surface area contributed by atoms with Crippen LogP contribution in [0.2, 0.25) is 0 Å². The minimum Gasteiger partial charge on any atom is -0.372 e. The fourth-order valence-corrected chi connectivity index (χ4v) is 5.24. The van der Waals surface area contributed by atoms with Crippen molar-refractivity contribution in [2.45, 2.75) is 46.5 Å². The molecule has 2 N–H and O–H groups in total.